The average molecular weight is 413 g/mol. The Bertz CT molecular complexity index is 866. The summed E-state index contributed by atoms with van der Waals surface area (Å²) in [4.78, 5) is 25.2. The number of nitro benzene ring substituents is 1. The quantitative estimate of drug-likeness (QED) is 0.368. The Kier molecular flexibility index (Phi) is 7.45. The van der Waals surface area contributed by atoms with Crippen molar-refractivity contribution in [3.05, 3.63) is 52.6 Å². The van der Waals surface area contributed by atoms with Crippen LogP contribution in [0.2, 0.25) is 0 Å². The number of hydrogen-bond donors (Lipinski definition) is 4. The predicted molar refractivity (Wildman–Crippen MR) is 118 cm³/mol. The number of nitrogens with zero attached hydrogens (tertiary/aromatic N) is 2. The number of nitrogens with one attached hydrogen (secondary N) is 3. The number of rotatable bonds is 9. The van der Waals surface area contributed by atoms with E-state index in [2.05, 4.69) is 20.9 Å². The molecule has 0 aromatic heterocycles. The largest absolute Gasteiger partial charge is 0.395 e. The molecule has 0 saturated carbocycles. The summed E-state index contributed by atoms with van der Waals surface area (Å²) in [6.45, 7) is 2.28. The molecule has 9 nitrogen and oxygen atoms in total. The molecule has 0 bridgehead atoms. The van der Waals surface area contributed by atoms with Crippen LogP contribution in [0.3, 0.4) is 0 Å². The number of aliphatic hydroxyl groups is 1. The predicted octanol–water partition coefficient (Wildman–Crippen LogP) is 3.04. The van der Waals surface area contributed by atoms with Crippen LogP contribution in [-0.4, -0.2) is 48.7 Å². The first-order valence-corrected chi connectivity index (χ1v) is 10.1. The molecule has 30 heavy (non-hydrogen) atoms. The number of nitro groups is 1. The number of piperidine rings is 1. The summed E-state index contributed by atoms with van der Waals surface area (Å²) in [5.41, 5.74) is 2.77. The van der Waals surface area contributed by atoms with Gasteiger partial charge in [0.2, 0.25) is 5.91 Å². The second-order valence-electron chi connectivity index (χ2n) is 7.13. The fraction of sp³-hybridized carbons (Fsp3) is 0.381. The highest BCUT2D eigenvalue weighted by Crippen LogP contribution is 2.27. The summed E-state index contributed by atoms with van der Waals surface area (Å²) in [6.07, 6.45) is 3.69. The fourth-order valence-corrected chi connectivity index (χ4v) is 3.43. The van der Waals surface area contributed by atoms with E-state index in [0.717, 1.165) is 18.8 Å². The summed E-state index contributed by atoms with van der Waals surface area (Å²) in [6, 6.07) is 12.0. The van der Waals surface area contributed by atoms with Crippen LogP contribution in [0.25, 0.3) is 0 Å². The van der Waals surface area contributed by atoms with Crippen molar-refractivity contribution in [1.29, 1.82) is 0 Å². The average Bonchev–Trinajstić information content (AvgIpc) is 2.77. The number of aliphatic hydroxyl groups excluding tert-OH is 1. The number of amides is 1. The molecule has 2 aromatic carbocycles. The van der Waals surface area contributed by atoms with Crippen molar-refractivity contribution in [2.24, 2.45) is 0 Å². The Morgan fingerprint density at radius 3 is 2.43 bits per heavy atom. The zero-order valence-corrected chi connectivity index (χ0v) is 16.8. The van der Waals surface area contributed by atoms with E-state index in [1.165, 1.54) is 31.4 Å². The molecule has 1 aliphatic rings. The van der Waals surface area contributed by atoms with E-state index in [9.17, 15) is 14.9 Å². The van der Waals surface area contributed by atoms with Crippen molar-refractivity contribution in [2.75, 3.05) is 53.6 Å². The van der Waals surface area contributed by atoms with Crippen molar-refractivity contribution >= 4 is 34.3 Å². The molecular weight excluding hydrogens is 386 g/mol. The minimum atomic E-state index is -0.495. The number of hydrogen-bond acceptors (Lipinski definition) is 7. The molecular formula is C21H27N5O4. The van der Waals surface area contributed by atoms with Gasteiger partial charge in [0.1, 0.15) is 0 Å². The molecule has 0 aliphatic carbocycles. The molecule has 2 aromatic rings. The maximum atomic E-state index is 12.3. The molecule has 160 valence electrons. The number of non-ortho nitro benzene ring substituents is 1. The van der Waals surface area contributed by atoms with E-state index < -0.39 is 4.92 Å². The third-order valence-corrected chi connectivity index (χ3v) is 4.95. The van der Waals surface area contributed by atoms with Gasteiger partial charge in [-0.25, -0.2) is 0 Å². The molecule has 1 fully saturated rings. The number of carbonyl (C=O) groups is 1. The van der Waals surface area contributed by atoms with Crippen molar-refractivity contribution in [2.45, 2.75) is 19.3 Å². The maximum Gasteiger partial charge on any atom is 0.271 e. The van der Waals surface area contributed by atoms with E-state index in [1.807, 2.05) is 24.3 Å². The van der Waals surface area contributed by atoms with Crippen LogP contribution in [0.1, 0.15) is 19.3 Å². The zero-order valence-electron chi connectivity index (χ0n) is 16.8. The van der Waals surface area contributed by atoms with Crippen LogP contribution in [0.5, 0.6) is 0 Å². The lowest BCUT2D eigenvalue weighted by atomic mass is 10.1. The van der Waals surface area contributed by atoms with Crippen LogP contribution >= 0.6 is 0 Å². The van der Waals surface area contributed by atoms with Gasteiger partial charge in [0.05, 0.1) is 29.4 Å². The number of benzene rings is 2. The lowest BCUT2D eigenvalue weighted by molar-refractivity contribution is -0.384. The van der Waals surface area contributed by atoms with Crippen molar-refractivity contribution in [3.63, 3.8) is 0 Å². The van der Waals surface area contributed by atoms with Gasteiger partial charge in [-0.05, 0) is 49.6 Å². The Morgan fingerprint density at radius 2 is 1.77 bits per heavy atom. The van der Waals surface area contributed by atoms with Crippen LogP contribution < -0.4 is 20.9 Å². The molecule has 4 N–H and O–H groups in total. The van der Waals surface area contributed by atoms with E-state index in [1.54, 1.807) is 6.07 Å². The highest BCUT2D eigenvalue weighted by Gasteiger charge is 2.13. The number of anilines is 4. The first-order chi connectivity index (χ1) is 14.6. The summed E-state index contributed by atoms with van der Waals surface area (Å²) in [7, 11) is 0. The van der Waals surface area contributed by atoms with Gasteiger partial charge in [0.15, 0.2) is 0 Å². The third-order valence-electron chi connectivity index (χ3n) is 4.95. The van der Waals surface area contributed by atoms with Gasteiger partial charge in [0, 0.05) is 43.1 Å². The molecule has 9 heteroatoms. The van der Waals surface area contributed by atoms with Gasteiger partial charge in [-0.2, -0.15) is 0 Å². The Hall–Kier alpha value is -3.33. The van der Waals surface area contributed by atoms with Gasteiger partial charge in [0.25, 0.3) is 5.69 Å². The highest BCUT2D eigenvalue weighted by atomic mass is 16.6. The van der Waals surface area contributed by atoms with Gasteiger partial charge in [-0.15, -0.1) is 0 Å². The minimum absolute atomic E-state index is 0.0527. The van der Waals surface area contributed by atoms with Crippen LogP contribution in [0, 0.1) is 10.1 Å². The summed E-state index contributed by atoms with van der Waals surface area (Å²) < 4.78 is 0. The minimum Gasteiger partial charge on any atom is -0.395 e. The lowest BCUT2D eigenvalue weighted by Crippen LogP contribution is -2.29. The van der Waals surface area contributed by atoms with Crippen LogP contribution in [-0.2, 0) is 4.79 Å². The topological polar surface area (TPSA) is 120 Å². The molecule has 1 aliphatic heterocycles. The number of carbonyl (C=O) groups excluding carboxylic acids is 1. The Morgan fingerprint density at radius 1 is 1.03 bits per heavy atom. The van der Waals surface area contributed by atoms with Gasteiger partial charge < -0.3 is 26.0 Å². The first kappa shape index (κ1) is 21.4. The van der Waals surface area contributed by atoms with Gasteiger partial charge in [-0.1, -0.05) is 0 Å². The van der Waals surface area contributed by atoms with Crippen molar-refractivity contribution in [3.8, 4) is 0 Å². The van der Waals surface area contributed by atoms with E-state index >= 15 is 0 Å². The fourth-order valence-electron chi connectivity index (χ4n) is 3.43. The zero-order chi connectivity index (χ0) is 21.3. The van der Waals surface area contributed by atoms with Crippen LogP contribution in [0.15, 0.2) is 42.5 Å². The van der Waals surface area contributed by atoms with Crippen molar-refractivity contribution in [1.82, 2.24) is 0 Å². The molecule has 0 radical (unpaired) electrons. The lowest BCUT2D eigenvalue weighted by Gasteiger charge is -2.28. The first-order valence-electron chi connectivity index (χ1n) is 10.1. The third kappa shape index (κ3) is 5.84. The standard InChI is InChI=1S/C21H27N5O4/c27-13-10-22-19-9-8-18(26(29)30)14-20(19)23-15-21(28)24-16-4-6-17(7-5-16)25-11-2-1-3-12-25/h4-9,14,22-23,27H,1-3,10-13,15H2,(H,24,28). The molecule has 0 spiro atoms. The highest BCUT2D eigenvalue weighted by molar-refractivity contribution is 5.94. The van der Waals surface area contributed by atoms with Gasteiger partial charge in [-0.3, -0.25) is 14.9 Å². The summed E-state index contributed by atoms with van der Waals surface area (Å²) in [5, 5.41) is 28.8. The Balaban J connectivity index is 1.58. The molecule has 1 heterocycles. The van der Waals surface area contributed by atoms with Crippen molar-refractivity contribution < 1.29 is 14.8 Å². The van der Waals surface area contributed by atoms with E-state index in [4.69, 9.17) is 5.11 Å². The molecule has 1 saturated heterocycles. The van der Waals surface area contributed by atoms with Gasteiger partial charge >= 0.3 is 0 Å². The molecule has 0 atom stereocenters. The SMILES string of the molecule is O=C(CNc1cc([N+](=O)[O-])ccc1NCCO)Nc1ccc(N2CCCCC2)cc1. The Labute approximate surface area is 175 Å². The molecule has 3 rings (SSSR count). The maximum absolute atomic E-state index is 12.3. The van der Waals surface area contributed by atoms with E-state index in [-0.39, 0.29) is 24.7 Å². The normalized spacial score (nSPS) is 13.6. The van der Waals surface area contributed by atoms with E-state index in [0.29, 0.717) is 23.6 Å². The summed E-state index contributed by atoms with van der Waals surface area (Å²) in [5.74, 6) is -0.264. The second kappa shape index (κ2) is 10.4. The smallest absolute Gasteiger partial charge is 0.271 e. The second-order valence-corrected chi connectivity index (χ2v) is 7.13. The summed E-state index contributed by atoms with van der Waals surface area (Å²) >= 11 is 0. The monoisotopic (exact) mass is 413 g/mol. The molecule has 0 unspecified atom stereocenters. The molecule has 1 amide bonds. The van der Waals surface area contributed by atoms with Crippen LogP contribution in [0.4, 0.5) is 28.4 Å².